The Balaban J connectivity index is 2.79. The monoisotopic (exact) mass is 194 g/mol. The minimum absolute atomic E-state index is 0.410. The fourth-order valence-corrected chi connectivity index (χ4v) is 1.33. The quantitative estimate of drug-likeness (QED) is 0.452. The van der Waals surface area contributed by atoms with Crippen molar-refractivity contribution in [3.8, 4) is 0 Å². The smallest absolute Gasteiger partial charge is 0.313 e. The first kappa shape index (κ1) is 10.8. The van der Waals surface area contributed by atoms with E-state index < -0.39 is 30.9 Å². The van der Waals surface area contributed by atoms with Gasteiger partial charge in [0.15, 0.2) is 6.10 Å². The number of methoxy groups -OCH3 is 2. The van der Waals surface area contributed by atoms with E-state index in [-0.39, 0.29) is 0 Å². The second kappa shape index (κ2) is 3.87. The Labute approximate surface area is 75.6 Å². The SMILES string of the molecule is COC1(OC)O[C@H](CO)[C@@H](O)[C@H]1O. The summed E-state index contributed by atoms with van der Waals surface area (Å²) in [5.41, 5.74) is 0. The van der Waals surface area contributed by atoms with E-state index in [1.807, 2.05) is 0 Å². The largest absolute Gasteiger partial charge is 0.394 e. The van der Waals surface area contributed by atoms with Crippen LogP contribution in [0.3, 0.4) is 0 Å². The van der Waals surface area contributed by atoms with Gasteiger partial charge in [0.25, 0.3) is 0 Å². The molecule has 1 rings (SSSR count). The van der Waals surface area contributed by atoms with Gasteiger partial charge in [0, 0.05) is 14.2 Å². The number of hydrogen-bond donors (Lipinski definition) is 3. The lowest BCUT2D eigenvalue weighted by Crippen LogP contribution is -2.46. The zero-order valence-corrected chi connectivity index (χ0v) is 7.51. The van der Waals surface area contributed by atoms with Gasteiger partial charge in [0.05, 0.1) is 6.61 Å². The van der Waals surface area contributed by atoms with Crippen LogP contribution in [0.4, 0.5) is 0 Å². The van der Waals surface area contributed by atoms with Crippen molar-refractivity contribution in [1.82, 2.24) is 0 Å². The zero-order valence-electron chi connectivity index (χ0n) is 7.51. The van der Waals surface area contributed by atoms with E-state index in [4.69, 9.17) is 19.3 Å². The minimum Gasteiger partial charge on any atom is -0.394 e. The summed E-state index contributed by atoms with van der Waals surface area (Å²) in [6, 6.07) is 0. The van der Waals surface area contributed by atoms with Crippen molar-refractivity contribution in [2.24, 2.45) is 0 Å². The molecule has 3 atom stereocenters. The molecule has 1 saturated heterocycles. The highest BCUT2D eigenvalue weighted by atomic mass is 16.9. The molecule has 0 aromatic rings. The maximum absolute atomic E-state index is 9.47. The van der Waals surface area contributed by atoms with Crippen LogP contribution < -0.4 is 0 Å². The number of rotatable bonds is 3. The van der Waals surface area contributed by atoms with Crippen LogP contribution in [0.1, 0.15) is 0 Å². The average Bonchev–Trinajstić information content (AvgIpc) is 2.42. The molecule has 78 valence electrons. The Bertz CT molecular complexity index is 168. The first-order chi connectivity index (χ1) is 6.11. The van der Waals surface area contributed by atoms with Crippen molar-refractivity contribution in [1.29, 1.82) is 0 Å². The Morgan fingerprint density at radius 3 is 2.08 bits per heavy atom. The van der Waals surface area contributed by atoms with Crippen molar-refractivity contribution in [2.75, 3.05) is 20.8 Å². The van der Waals surface area contributed by atoms with Gasteiger partial charge < -0.3 is 29.5 Å². The number of ether oxygens (including phenoxy) is 3. The van der Waals surface area contributed by atoms with Crippen molar-refractivity contribution in [3.63, 3.8) is 0 Å². The van der Waals surface area contributed by atoms with Gasteiger partial charge in [0.1, 0.15) is 12.2 Å². The van der Waals surface area contributed by atoms with Crippen LogP contribution in [0.5, 0.6) is 0 Å². The van der Waals surface area contributed by atoms with Crippen LogP contribution in [0.2, 0.25) is 0 Å². The molecule has 13 heavy (non-hydrogen) atoms. The van der Waals surface area contributed by atoms with Gasteiger partial charge in [0.2, 0.25) is 0 Å². The van der Waals surface area contributed by atoms with Crippen LogP contribution in [-0.4, -0.2) is 60.4 Å². The summed E-state index contributed by atoms with van der Waals surface area (Å²) in [4.78, 5) is 0. The lowest BCUT2D eigenvalue weighted by molar-refractivity contribution is -0.378. The van der Waals surface area contributed by atoms with Crippen molar-refractivity contribution in [2.45, 2.75) is 24.3 Å². The van der Waals surface area contributed by atoms with Gasteiger partial charge >= 0.3 is 5.97 Å². The van der Waals surface area contributed by atoms with Crippen LogP contribution in [0.15, 0.2) is 0 Å². The number of hydrogen-bond acceptors (Lipinski definition) is 6. The fourth-order valence-electron chi connectivity index (χ4n) is 1.33. The molecule has 1 fully saturated rings. The van der Waals surface area contributed by atoms with Crippen LogP contribution >= 0.6 is 0 Å². The molecule has 0 unspecified atom stereocenters. The summed E-state index contributed by atoms with van der Waals surface area (Å²) < 4.78 is 14.6. The predicted molar refractivity (Wildman–Crippen MR) is 40.7 cm³/mol. The maximum Gasteiger partial charge on any atom is 0.313 e. The molecule has 0 spiro atoms. The topological polar surface area (TPSA) is 88.4 Å². The second-order valence-electron chi connectivity index (χ2n) is 2.79. The first-order valence-corrected chi connectivity index (χ1v) is 3.86. The molecule has 1 aliphatic heterocycles. The summed E-state index contributed by atoms with van der Waals surface area (Å²) in [6.07, 6.45) is -3.44. The van der Waals surface area contributed by atoms with E-state index >= 15 is 0 Å². The summed E-state index contributed by atoms with van der Waals surface area (Å²) in [5.74, 6) is -1.67. The van der Waals surface area contributed by atoms with E-state index in [1.165, 1.54) is 14.2 Å². The molecule has 0 aliphatic carbocycles. The molecule has 0 radical (unpaired) electrons. The summed E-state index contributed by atoms with van der Waals surface area (Å²) in [5, 5.41) is 27.6. The third-order valence-corrected chi connectivity index (χ3v) is 2.13. The molecule has 1 heterocycles. The van der Waals surface area contributed by atoms with E-state index in [1.54, 1.807) is 0 Å². The van der Waals surface area contributed by atoms with Crippen molar-refractivity contribution in [3.05, 3.63) is 0 Å². The average molecular weight is 194 g/mol. The van der Waals surface area contributed by atoms with E-state index in [0.717, 1.165) is 0 Å². The molecule has 0 bridgehead atoms. The number of aliphatic hydroxyl groups excluding tert-OH is 3. The van der Waals surface area contributed by atoms with E-state index in [0.29, 0.717) is 0 Å². The van der Waals surface area contributed by atoms with Crippen LogP contribution in [-0.2, 0) is 14.2 Å². The summed E-state index contributed by atoms with van der Waals surface area (Å²) in [7, 11) is 2.55. The van der Waals surface area contributed by atoms with Crippen molar-refractivity contribution >= 4 is 0 Å². The first-order valence-electron chi connectivity index (χ1n) is 3.86. The third-order valence-electron chi connectivity index (χ3n) is 2.13. The molecule has 1 aliphatic rings. The maximum atomic E-state index is 9.47. The Hall–Kier alpha value is -0.240. The highest BCUT2D eigenvalue weighted by Gasteiger charge is 2.55. The predicted octanol–water partition coefficient (Wildman–Crippen LogP) is -1.95. The highest BCUT2D eigenvalue weighted by Crippen LogP contribution is 2.32. The Morgan fingerprint density at radius 2 is 1.85 bits per heavy atom. The van der Waals surface area contributed by atoms with Gasteiger partial charge in [-0.25, -0.2) is 0 Å². The van der Waals surface area contributed by atoms with Gasteiger partial charge in [-0.1, -0.05) is 0 Å². The zero-order chi connectivity index (χ0) is 10.1. The summed E-state index contributed by atoms with van der Waals surface area (Å²) in [6.45, 7) is -0.410. The lowest BCUT2D eigenvalue weighted by atomic mass is 10.1. The number of aliphatic hydroxyl groups is 3. The Kier molecular flexibility index (Phi) is 3.23. The normalized spacial score (nSPS) is 38.1. The molecule has 3 N–H and O–H groups in total. The summed E-state index contributed by atoms with van der Waals surface area (Å²) >= 11 is 0. The van der Waals surface area contributed by atoms with Gasteiger partial charge in [-0.15, -0.1) is 0 Å². The lowest BCUT2D eigenvalue weighted by Gasteiger charge is -2.27. The van der Waals surface area contributed by atoms with Gasteiger partial charge in [-0.3, -0.25) is 0 Å². The molecular weight excluding hydrogens is 180 g/mol. The van der Waals surface area contributed by atoms with Crippen LogP contribution in [0, 0.1) is 0 Å². The molecule has 6 heteroatoms. The van der Waals surface area contributed by atoms with Gasteiger partial charge in [-0.2, -0.15) is 0 Å². The van der Waals surface area contributed by atoms with E-state index in [2.05, 4.69) is 0 Å². The van der Waals surface area contributed by atoms with E-state index in [9.17, 15) is 10.2 Å². The van der Waals surface area contributed by atoms with Crippen LogP contribution in [0.25, 0.3) is 0 Å². The van der Waals surface area contributed by atoms with Gasteiger partial charge in [-0.05, 0) is 0 Å². The fraction of sp³-hybridized carbons (Fsp3) is 1.00. The molecule has 0 amide bonds. The molecule has 0 saturated carbocycles. The third kappa shape index (κ3) is 1.56. The molecule has 0 aromatic carbocycles. The second-order valence-corrected chi connectivity index (χ2v) is 2.79. The Morgan fingerprint density at radius 1 is 1.31 bits per heavy atom. The minimum atomic E-state index is -1.67. The molecule has 0 aromatic heterocycles. The standard InChI is InChI=1S/C7H14O6/c1-11-7(12-2)6(10)5(9)4(3-8)13-7/h4-6,8-10H,3H2,1-2H3/t4-,5-,6-/m1/s1. The van der Waals surface area contributed by atoms with Crippen molar-refractivity contribution < 1.29 is 29.5 Å². The highest BCUT2D eigenvalue weighted by molar-refractivity contribution is 4.91. The molecular formula is C7H14O6. The molecule has 6 nitrogen and oxygen atoms in total.